The number of carbonyl (C=O) groups excluding carboxylic acids is 4. The van der Waals surface area contributed by atoms with Crippen LogP contribution in [0.5, 0.6) is 0 Å². The zero-order valence-electron chi connectivity index (χ0n) is 38.2. The number of allylic oxidation sites excluding steroid dienone is 1. The van der Waals surface area contributed by atoms with E-state index in [0.717, 1.165) is 11.1 Å². The first-order valence-corrected chi connectivity index (χ1v) is 22.7. The SMILES string of the molecule is COC(=O)C1=C(C(=O)OC)N2C(=C3C(N(C)C)=CC2C2(C(=O)N(Cc4ccccc4)c4ccc(F)cc42)C3c2ccccc2)C2(C(=O)N(Cc3ccccc3)c3ccc(F)cc32)C1c1ccccc1. The van der Waals surface area contributed by atoms with Crippen molar-refractivity contribution >= 4 is 35.1 Å². The first-order chi connectivity index (χ1) is 33.5. The summed E-state index contributed by atoms with van der Waals surface area (Å²) in [5.74, 6) is -6.34. The number of ether oxygens (including phenoxy) is 2. The van der Waals surface area contributed by atoms with Crippen molar-refractivity contribution in [2.45, 2.75) is 41.8 Å². The Kier molecular flexibility index (Phi) is 10.3. The number of esters is 2. The molecule has 1 aliphatic carbocycles. The van der Waals surface area contributed by atoms with E-state index >= 15 is 28.0 Å². The van der Waals surface area contributed by atoms with E-state index < -0.39 is 64.1 Å². The van der Waals surface area contributed by atoms with E-state index in [4.69, 9.17) is 9.47 Å². The molecular formula is C57H46F2N4O6. The minimum Gasteiger partial charge on any atom is -0.466 e. The normalized spacial score (nSPS) is 23.1. The molecule has 69 heavy (non-hydrogen) atoms. The maximum atomic E-state index is 16.9. The number of benzene rings is 6. The van der Waals surface area contributed by atoms with Crippen LogP contribution in [0.3, 0.4) is 0 Å². The molecule has 0 N–H and O–H groups in total. The molecule has 344 valence electrons. The molecule has 5 unspecified atom stereocenters. The highest BCUT2D eigenvalue weighted by Gasteiger charge is 2.75. The molecule has 6 aromatic carbocycles. The van der Waals surface area contributed by atoms with E-state index in [2.05, 4.69) is 0 Å². The van der Waals surface area contributed by atoms with Crippen LogP contribution in [0.25, 0.3) is 0 Å². The lowest BCUT2D eigenvalue weighted by molar-refractivity contribution is -0.143. The van der Waals surface area contributed by atoms with E-state index in [9.17, 15) is 0 Å². The maximum Gasteiger partial charge on any atom is 0.355 e. The Morgan fingerprint density at radius 3 is 1.61 bits per heavy atom. The molecule has 0 saturated heterocycles. The molecule has 2 bridgehead atoms. The van der Waals surface area contributed by atoms with Crippen LogP contribution >= 0.6 is 0 Å². The van der Waals surface area contributed by atoms with Crippen LogP contribution in [-0.4, -0.2) is 67.9 Å². The third-order valence-corrected chi connectivity index (χ3v) is 14.6. The highest BCUT2D eigenvalue weighted by Crippen LogP contribution is 2.71. The van der Waals surface area contributed by atoms with Crippen LogP contribution in [0.15, 0.2) is 192 Å². The molecule has 0 fully saturated rings. The van der Waals surface area contributed by atoms with Gasteiger partial charge in [-0.25, -0.2) is 18.4 Å². The number of hydrogen-bond donors (Lipinski definition) is 0. The van der Waals surface area contributed by atoms with Gasteiger partial charge in [0.25, 0.3) is 0 Å². The second-order valence-electron chi connectivity index (χ2n) is 18.2. The minimum absolute atomic E-state index is 0.0662. The Morgan fingerprint density at radius 2 is 1.09 bits per heavy atom. The monoisotopic (exact) mass is 920 g/mol. The van der Waals surface area contributed by atoms with E-state index in [1.807, 2.05) is 116 Å². The highest BCUT2D eigenvalue weighted by atomic mass is 19.1. The van der Waals surface area contributed by atoms with Gasteiger partial charge in [0, 0.05) is 59.8 Å². The van der Waals surface area contributed by atoms with Gasteiger partial charge in [-0.3, -0.25) is 9.59 Å². The number of nitrogens with zero attached hydrogens (tertiary/aromatic N) is 4. The smallest absolute Gasteiger partial charge is 0.355 e. The predicted molar refractivity (Wildman–Crippen MR) is 255 cm³/mol. The number of carbonyl (C=O) groups is 4. The lowest BCUT2D eigenvalue weighted by Gasteiger charge is -2.62. The number of halogens is 2. The number of rotatable bonds is 9. The van der Waals surface area contributed by atoms with Gasteiger partial charge in [-0.15, -0.1) is 0 Å². The van der Waals surface area contributed by atoms with Gasteiger partial charge in [0.05, 0.1) is 38.9 Å². The van der Waals surface area contributed by atoms with Crippen molar-refractivity contribution in [2.75, 3.05) is 38.1 Å². The third kappa shape index (κ3) is 6.06. The van der Waals surface area contributed by atoms with E-state index in [0.29, 0.717) is 39.3 Å². The van der Waals surface area contributed by atoms with E-state index in [1.54, 1.807) is 57.2 Å². The molecule has 12 rings (SSSR count). The molecule has 10 nitrogen and oxygen atoms in total. The second kappa shape index (κ2) is 16.3. The Morgan fingerprint density at radius 1 is 0.609 bits per heavy atom. The number of hydrogen-bond acceptors (Lipinski definition) is 8. The molecule has 6 aliphatic rings. The van der Waals surface area contributed by atoms with Gasteiger partial charge in [-0.05, 0) is 70.3 Å². The van der Waals surface area contributed by atoms with Crippen molar-refractivity contribution in [3.8, 4) is 0 Å². The lowest BCUT2D eigenvalue weighted by atomic mass is 9.50. The van der Waals surface area contributed by atoms with Crippen LogP contribution < -0.4 is 9.80 Å². The van der Waals surface area contributed by atoms with Crippen molar-refractivity contribution < 1.29 is 37.4 Å². The van der Waals surface area contributed by atoms with Crippen molar-refractivity contribution in [1.82, 2.24) is 9.80 Å². The molecule has 5 atom stereocenters. The minimum atomic E-state index is -2.04. The van der Waals surface area contributed by atoms with Gasteiger partial charge in [0.2, 0.25) is 11.8 Å². The van der Waals surface area contributed by atoms with E-state index in [-0.39, 0.29) is 35.6 Å². The van der Waals surface area contributed by atoms with Crippen LogP contribution in [0.2, 0.25) is 0 Å². The zero-order chi connectivity index (χ0) is 47.9. The first kappa shape index (κ1) is 43.5. The molecule has 12 heteroatoms. The maximum absolute atomic E-state index is 16.9. The van der Waals surface area contributed by atoms with Crippen LogP contribution in [0.1, 0.15) is 45.2 Å². The average molecular weight is 921 g/mol. The lowest BCUT2D eigenvalue weighted by Crippen LogP contribution is -2.69. The summed E-state index contributed by atoms with van der Waals surface area (Å²) in [5.41, 5.74) is 1.21. The van der Waals surface area contributed by atoms with Crippen LogP contribution in [0, 0.1) is 11.6 Å². The van der Waals surface area contributed by atoms with Gasteiger partial charge in [0.1, 0.15) is 28.2 Å². The number of anilines is 2. The molecule has 0 radical (unpaired) electrons. The first-order valence-electron chi connectivity index (χ1n) is 22.7. The average Bonchev–Trinajstić information content (AvgIpc) is 3.73. The number of fused-ring (bicyclic) bond motifs is 3. The number of methoxy groups -OCH3 is 2. The summed E-state index contributed by atoms with van der Waals surface area (Å²) >= 11 is 0. The van der Waals surface area contributed by atoms with Crippen molar-refractivity contribution in [3.05, 3.63) is 237 Å². The number of amides is 2. The summed E-state index contributed by atoms with van der Waals surface area (Å²) in [7, 11) is 6.11. The molecule has 5 aliphatic heterocycles. The molecule has 0 saturated carbocycles. The topological polar surface area (TPSA) is 99.7 Å². The summed E-state index contributed by atoms with van der Waals surface area (Å²) in [4.78, 5) is 70.5. The van der Waals surface area contributed by atoms with Gasteiger partial charge in [-0.2, -0.15) is 0 Å². The molecule has 2 amide bonds. The summed E-state index contributed by atoms with van der Waals surface area (Å²) in [6.07, 6.45) is 1.87. The Balaban J connectivity index is 1.35. The second-order valence-corrected chi connectivity index (χ2v) is 18.2. The summed E-state index contributed by atoms with van der Waals surface area (Å²) in [6, 6.07) is 44.5. The summed E-state index contributed by atoms with van der Waals surface area (Å²) in [6.45, 7) is 0.188. The summed E-state index contributed by atoms with van der Waals surface area (Å²) in [5, 5.41) is 0. The van der Waals surface area contributed by atoms with Crippen molar-refractivity contribution in [3.63, 3.8) is 0 Å². The van der Waals surface area contributed by atoms with Crippen molar-refractivity contribution in [1.29, 1.82) is 0 Å². The van der Waals surface area contributed by atoms with Gasteiger partial charge >= 0.3 is 11.9 Å². The quantitative estimate of drug-likeness (QED) is 0.133. The molecule has 2 spiro atoms. The Labute approximate surface area is 398 Å². The molecular weight excluding hydrogens is 875 g/mol. The highest BCUT2D eigenvalue weighted by molar-refractivity contribution is 6.17. The van der Waals surface area contributed by atoms with Crippen LogP contribution in [-0.2, 0) is 52.6 Å². The molecule has 0 aromatic heterocycles. The Hall–Kier alpha value is -8.12. The van der Waals surface area contributed by atoms with E-state index in [1.165, 1.54) is 38.5 Å². The third-order valence-electron chi connectivity index (χ3n) is 14.6. The predicted octanol–water partition coefficient (Wildman–Crippen LogP) is 8.81. The van der Waals surface area contributed by atoms with Gasteiger partial charge in [0.15, 0.2) is 0 Å². The van der Waals surface area contributed by atoms with Crippen molar-refractivity contribution in [2.24, 2.45) is 0 Å². The van der Waals surface area contributed by atoms with Gasteiger partial charge in [-0.1, -0.05) is 121 Å². The van der Waals surface area contributed by atoms with Crippen LogP contribution in [0.4, 0.5) is 20.2 Å². The fourth-order valence-electron chi connectivity index (χ4n) is 12.1. The number of likely N-dealkylation sites (N-methyl/N-ethyl adjacent to an activating group) is 1. The fourth-order valence-corrected chi connectivity index (χ4v) is 12.1. The standard InChI is InChI=1S/C57H46F2N4O6/c1-60(2)44-31-45-56(40-29-38(58)25-27-42(40)61(54(56)66)32-34-17-9-5-10-18-34)48(36-21-13-7-14-22-36)46(44)51-57(41-30-39(59)26-28-43(41)62(55(57)67)33-35-19-11-6-12-20-35)49(37-23-15-8-16-24-37)47(52(64)68-3)50(63(45)51)53(65)69-4/h5-31,45,48-49H,32-33H2,1-4H3. The molecule has 6 aromatic rings. The largest absolute Gasteiger partial charge is 0.466 e. The zero-order valence-corrected chi connectivity index (χ0v) is 38.2. The molecule has 5 heterocycles. The fraction of sp³-hybridized carbons (Fsp3) is 0.193. The Bertz CT molecular complexity index is 3210. The summed E-state index contributed by atoms with van der Waals surface area (Å²) < 4.78 is 44.1. The van der Waals surface area contributed by atoms with Gasteiger partial charge < -0.3 is 29.1 Å².